The third kappa shape index (κ3) is 4.19. The molecule has 0 N–H and O–H groups in total. The van der Waals surface area contributed by atoms with Gasteiger partial charge in [-0.3, -0.25) is 4.79 Å². The van der Waals surface area contributed by atoms with E-state index >= 15 is 0 Å². The monoisotopic (exact) mass is 383 g/mol. The van der Waals surface area contributed by atoms with Crippen LogP contribution in [0.4, 0.5) is 0 Å². The van der Waals surface area contributed by atoms with E-state index in [1.807, 2.05) is 64.1 Å². The van der Waals surface area contributed by atoms with Crippen LogP contribution in [0.15, 0.2) is 46.9 Å². The number of nitrogens with zero attached hydrogens (tertiary/aromatic N) is 3. The van der Waals surface area contributed by atoms with Crippen LogP contribution in [0.1, 0.15) is 41.2 Å². The van der Waals surface area contributed by atoms with E-state index in [-0.39, 0.29) is 18.5 Å². The van der Waals surface area contributed by atoms with Crippen molar-refractivity contribution in [3.05, 3.63) is 70.1 Å². The average molecular weight is 384 g/mol. The predicted molar refractivity (Wildman–Crippen MR) is 106 cm³/mol. The molecule has 3 aromatic rings. The second-order valence-electron chi connectivity index (χ2n) is 6.81. The van der Waals surface area contributed by atoms with E-state index in [0.29, 0.717) is 27.9 Å². The third-order valence-corrected chi connectivity index (χ3v) is 4.84. The molecule has 0 unspecified atom stereocenters. The largest absolute Gasteiger partial charge is 0.419 e. The highest BCUT2D eigenvalue weighted by Gasteiger charge is 2.22. The first-order chi connectivity index (χ1) is 12.9. The zero-order valence-electron chi connectivity index (χ0n) is 15.9. The van der Waals surface area contributed by atoms with Crippen molar-refractivity contribution >= 4 is 17.5 Å². The van der Waals surface area contributed by atoms with E-state index in [9.17, 15) is 4.79 Å². The number of rotatable bonds is 5. The number of aromatic nitrogens is 2. The van der Waals surface area contributed by atoms with Crippen LogP contribution >= 0.6 is 11.6 Å². The fourth-order valence-electron chi connectivity index (χ4n) is 2.74. The molecule has 0 saturated carbocycles. The van der Waals surface area contributed by atoms with Gasteiger partial charge in [-0.15, -0.1) is 10.2 Å². The summed E-state index contributed by atoms with van der Waals surface area (Å²) >= 11 is 6.19. The summed E-state index contributed by atoms with van der Waals surface area (Å²) in [5.74, 6) is 0.652. The van der Waals surface area contributed by atoms with Gasteiger partial charge in [-0.25, -0.2) is 0 Å². The predicted octanol–water partition coefficient (Wildman–Crippen LogP) is 5.06. The molecule has 0 aliphatic carbocycles. The Morgan fingerprint density at radius 1 is 1.11 bits per heavy atom. The molecule has 5 nitrogen and oxygen atoms in total. The molecule has 0 radical (unpaired) electrons. The molecule has 0 fully saturated rings. The summed E-state index contributed by atoms with van der Waals surface area (Å²) in [6.45, 7) is 8.19. The Bertz CT molecular complexity index is 966. The minimum Gasteiger partial charge on any atom is -0.419 e. The van der Waals surface area contributed by atoms with E-state index in [4.69, 9.17) is 16.0 Å². The van der Waals surface area contributed by atoms with Crippen molar-refractivity contribution in [2.24, 2.45) is 0 Å². The number of benzene rings is 2. The maximum Gasteiger partial charge on any atom is 0.254 e. The molecular weight excluding hydrogens is 362 g/mol. The fourth-order valence-corrected chi connectivity index (χ4v) is 2.95. The number of hydrogen-bond donors (Lipinski definition) is 0. The van der Waals surface area contributed by atoms with Crippen LogP contribution in [0, 0.1) is 13.8 Å². The Morgan fingerprint density at radius 2 is 1.85 bits per heavy atom. The van der Waals surface area contributed by atoms with Crippen LogP contribution in [0.25, 0.3) is 11.5 Å². The second kappa shape index (κ2) is 7.92. The Labute approximate surface area is 164 Å². The summed E-state index contributed by atoms with van der Waals surface area (Å²) in [5, 5.41) is 8.71. The summed E-state index contributed by atoms with van der Waals surface area (Å²) in [7, 11) is 0. The summed E-state index contributed by atoms with van der Waals surface area (Å²) in [4.78, 5) is 14.7. The molecule has 2 aromatic carbocycles. The molecule has 0 aliphatic heterocycles. The number of carbonyl (C=O) groups is 1. The highest BCUT2D eigenvalue weighted by atomic mass is 35.5. The summed E-state index contributed by atoms with van der Waals surface area (Å²) in [6.07, 6.45) is 0. The van der Waals surface area contributed by atoms with Crippen molar-refractivity contribution < 1.29 is 9.21 Å². The van der Waals surface area contributed by atoms with Gasteiger partial charge in [-0.2, -0.15) is 0 Å². The van der Waals surface area contributed by atoms with Crippen LogP contribution in [0.2, 0.25) is 5.02 Å². The number of carbonyl (C=O) groups excluding carboxylic acids is 1. The van der Waals surface area contributed by atoms with Gasteiger partial charge in [-0.1, -0.05) is 29.8 Å². The van der Waals surface area contributed by atoms with Crippen molar-refractivity contribution in [3.8, 4) is 11.5 Å². The Kier molecular flexibility index (Phi) is 5.61. The lowest BCUT2D eigenvalue weighted by Crippen LogP contribution is -2.36. The summed E-state index contributed by atoms with van der Waals surface area (Å²) < 4.78 is 5.76. The minimum atomic E-state index is -0.0643. The molecule has 0 saturated heterocycles. The summed E-state index contributed by atoms with van der Waals surface area (Å²) in [6, 6.07) is 13.0. The molecule has 1 amide bonds. The van der Waals surface area contributed by atoms with Crippen LogP contribution in [0.5, 0.6) is 0 Å². The SMILES string of the molecule is Cc1ccc(C(=O)N(Cc2nnc(-c3ccccc3Cl)o2)C(C)C)cc1C. The number of halogens is 1. The number of aryl methyl sites for hydroxylation is 2. The standard InChI is InChI=1S/C21H22ClN3O2/c1-13(2)25(21(26)16-10-9-14(3)15(4)11-16)12-19-23-24-20(27-19)17-7-5-6-8-18(17)22/h5-11,13H,12H2,1-4H3. The van der Waals surface area contributed by atoms with Gasteiger partial charge in [-0.05, 0) is 63.1 Å². The van der Waals surface area contributed by atoms with Gasteiger partial charge in [0, 0.05) is 11.6 Å². The van der Waals surface area contributed by atoms with Crippen LogP contribution < -0.4 is 0 Å². The maximum absolute atomic E-state index is 13.0. The van der Waals surface area contributed by atoms with Gasteiger partial charge in [0.05, 0.1) is 17.1 Å². The van der Waals surface area contributed by atoms with E-state index < -0.39 is 0 Å². The molecule has 1 aromatic heterocycles. The van der Waals surface area contributed by atoms with Crippen molar-refractivity contribution in [2.45, 2.75) is 40.3 Å². The molecule has 0 spiro atoms. The number of amides is 1. The van der Waals surface area contributed by atoms with Crippen molar-refractivity contribution in [1.29, 1.82) is 0 Å². The van der Waals surface area contributed by atoms with E-state index in [1.54, 1.807) is 11.0 Å². The molecular formula is C21H22ClN3O2. The van der Waals surface area contributed by atoms with Gasteiger partial charge in [0.15, 0.2) is 0 Å². The second-order valence-corrected chi connectivity index (χ2v) is 7.21. The van der Waals surface area contributed by atoms with Gasteiger partial charge in [0.25, 0.3) is 5.91 Å². The summed E-state index contributed by atoms with van der Waals surface area (Å²) in [5.41, 5.74) is 3.57. The molecule has 27 heavy (non-hydrogen) atoms. The first-order valence-corrected chi connectivity index (χ1v) is 9.20. The molecule has 6 heteroatoms. The minimum absolute atomic E-state index is 0.0187. The van der Waals surface area contributed by atoms with Gasteiger partial charge in [0.1, 0.15) is 0 Å². The normalized spacial score (nSPS) is 11.0. The highest BCUT2D eigenvalue weighted by molar-refractivity contribution is 6.33. The highest BCUT2D eigenvalue weighted by Crippen LogP contribution is 2.26. The van der Waals surface area contributed by atoms with Crippen LogP contribution in [-0.4, -0.2) is 27.0 Å². The molecule has 0 atom stereocenters. The van der Waals surface area contributed by atoms with E-state index in [0.717, 1.165) is 11.1 Å². The van der Waals surface area contributed by atoms with Crippen LogP contribution in [0.3, 0.4) is 0 Å². The van der Waals surface area contributed by atoms with Gasteiger partial charge >= 0.3 is 0 Å². The molecule has 140 valence electrons. The topological polar surface area (TPSA) is 59.2 Å². The Balaban J connectivity index is 1.84. The van der Waals surface area contributed by atoms with Crippen molar-refractivity contribution in [2.75, 3.05) is 0 Å². The third-order valence-electron chi connectivity index (χ3n) is 4.51. The van der Waals surface area contributed by atoms with Gasteiger partial charge < -0.3 is 9.32 Å². The van der Waals surface area contributed by atoms with Gasteiger partial charge in [0.2, 0.25) is 11.8 Å². The smallest absolute Gasteiger partial charge is 0.254 e. The lowest BCUT2D eigenvalue weighted by Gasteiger charge is -2.25. The Morgan fingerprint density at radius 3 is 2.52 bits per heavy atom. The lowest BCUT2D eigenvalue weighted by molar-refractivity contribution is 0.0672. The zero-order valence-corrected chi connectivity index (χ0v) is 16.6. The maximum atomic E-state index is 13.0. The molecule has 0 bridgehead atoms. The van der Waals surface area contributed by atoms with Crippen molar-refractivity contribution in [1.82, 2.24) is 15.1 Å². The molecule has 1 heterocycles. The number of hydrogen-bond acceptors (Lipinski definition) is 4. The molecule has 0 aliphatic rings. The lowest BCUT2D eigenvalue weighted by atomic mass is 10.1. The van der Waals surface area contributed by atoms with Crippen LogP contribution in [-0.2, 0) is 6.54 Å². The molecule has 3 rings (SSSR count). The quantitative estimate of drug-likeness (QED) is 0.618. The van der Waals surface area contributed by atoms with E-state index in [2.05, 4.69) is 10.2 Å². The van der Waals surface area contributed by atoms with Crippen molar-refractivity contribution in [3.63, 3.8) is 0 Å². The first-order valence-electron chi connectivity index (χ1n) is 8.82. The average Bonchev–Trinajstić information content (AvgIpc) is 3.10. The Hall–Kier alpha value is -2.66. The van der Waals surface area contributed by atoms with E-state index in [1.165, 1.54) is 0 Å². The first kappa shape index (κ1) is 19.1. The fraction of sp³-hybridized carbons (Fsp3) is 0.286. The zero-order chi connectivity index (χ0) is 19.6.